The summed E-state index contributed by atoms with van der Waals surface area (Å²) in [4.78, 5) is 27.6. The molecule has 0 aromatic rings. The van der Waals surface area contributed by atoms with Crippen molar-refractivity contribution in [3.05, 3.63) is 12.7 Å². The third-order valence-corrected chi connectivity index (χ3v) is 4.28. The van der Waals surface area contributed by atoms with E-state index in [2.05, 4.69) is 6.58 Å². The zero-order valence-corrected chi connectivity index (χ0v) is 10.7. The van der Waals surface area contributed by atoms with E-state index in [1.807, 2.05) is 15.9 Å². The van der Waals surface area contributed by atoms with Crippen LogP contribution < -0.4 is 0 Å². The molecule has 2 unspecified atom stereocenters. The molecule has 0 aromatic carbocycles. The molecule has 0 spiro atoms. The fourth-order valence-corrected chi connectivity index (χ4v) is 3.12. The minimum atomic E-state index is 0.220. The Kier molecular flexibility index (Phi) is 2.88. The van der Waals surface area contributed by atoms with Crippen molar-refractivity contribution >= 4 is 11.8 Å². The van der Waals surface area contributed by atoms with Crippen molar-refractivity contribution in [2.75, 3.05) is 19.6 Å². The van der Waals surface area contributed by atoms with Gasteiger partial charge in [-0.2, -0.15) is 0 Å². The van der Waals surface area contributed by atoms with E-state index in [9.17, 15) is 9.59 Å². The van der Waals surface area contributed by atoms with Crippen LogP contribution in [0.1, 0.15) is 25.7 Å². The van der Waals surface area contributed by atoms with Crippen LogP contribution in [0.15, 0.2) is 12.7 Å². The first-order valence-corrected chi connectivity index (χ1v) is 6.87. The fraction of sp³-hybridized carbons (Fsp3) is 0.714. The maximum atomic E-state index is 11.8. The highest BCUT2D eigenvalue weighted by Crippen LogP contribution is 2.33. The monoisotopic (exact) mass is 248 g/mol. The number of hydrogen-bond acceptors (Lipinski definition) is 2. The number of nitrogens with zero attached hydrogens (tertiary/aromatic N) is 2. The maximum absolute atomic E-state index is 11.8. The predicted molar refractivity (Wildman–Crippen MR) is 67.7 cm³/mol. The van der Waals surface area contributed by atoms with Crippen molar-refractivity contribution in [3.8, 4) is 0 Å². The highest BCUT2D eigenvalue weighted by Gasteiger charge is 2.40. The summed E-state index contributed by atoms with van der Waals surface area (Å²) in [5, 5.41) is 0. The molecule has 3 rings (SSSR count). The van der Waals surface area contributed by atoms with Gasteiger partial charge in [0.1, 0.15) is 0 Å². The molecule has 1 saturated carbocycles. The molecule has 4 nitrogen and oxygen atoms in total. The van der Waals surface area contributed by atoms with Crippen molar-refractivity contribution in [2.24, 2.45) is 11.8 Å². The van der Waals surface area contributed by atoms with Gasteiger partial charge in [-0.3, -0.25) is 9.59 Å². The van der Waals surface area contributed by atoms with Gasteiger partial charge in [-0.25, -0.2) is 0 Å². The second-order valence-corrected chi connectivity index (χ2v) is 5.85. The summed E-state index contributed by atoms with van der Waals surface area (Å²) in [6, 6.07) is 0.512. The van der Waals surface area contributed by atoms with Crippen LogP contribution in [0, 0.1) is 11.8 Å². The second-order valence-electron chi connectivity index (χ2n) is 5.85. The van der Waals surface area contributed by atoms with Gasteiger partial charge < -0.3 is 9.80 Å². The average molecular weight is 248 g/mol. The van der Waals surface area contributed by atoms with Gasteiger partial charge >= 0.3 is 0 Å². The Hall–Kier alpha value is -1.32. The standard InChI is InChI=1S/C14H20N2O2/c1-2-10-5-13(17)15(7-10)8-11-6-14(18)16(9-11)12-3-4-12/h2,10-12H,1,3-9H2. The first kappa shape index (κ1) is 11.8. The van der Waals surface area contributed by atoms with Crippen molar-refractivity contribution < 1.29 is 9.59 Å². The van der Waals surface area contributed by atoms with E-state index in [4.69, 9.17) is 0 Å². The molecule has 1 aliphatic carbocycles. The second kappa shape index (κ2) is 4.41. The van der Waals surface area contributed by atoms with Crippen molar-refractivity contribution in [2.45, 2.75) is 31.7 Å². The lowest BCUT2D eigenvalue weighted by Gasteiger charge is -2.21. The molecule has 4 heteroatoms. The average Bonchev–Trinajstić information content (AvgIpc) is 3.04. The minimum Gasteiger partial charge on any atom is -0.342 e. The quantitative estimate of drug-likeness (QED) is 0.697. The zero-order valence-electron chi connectivity index (χ0n) is 10.7. The largest absolute Gasteiger partial charge is 0.342 e. The Bertz CT molecular complexity index is 389. The van der Waals surface area contributed by atoms with Crippen molar-refractivity contribution in [1.29, 1.82) is 0 Å². The lowest BCUT2D eigenvalue weighted by atomic mass is 10.1. The van der Waals surface area contributed by atoms with Crippen LogP contribution in [0.3, 0.4) is 0 Å². The third kappa shape index (κ3) is 2.16. The highest BCUT2D eigenvalue weighted by molar-refractivity contribution is 5.80. The molecule has 2 saturated heterocycles. The van der Waals surface area contributed by atoms with E-state index in [1.165, 1.54) is 12.8 Å². The summed E-state index contributed by atoms with van der Waals surface area (Å²) in [7, 11) is 0. The molecule has 18 heavy (non-hydrogen) atoms. The molecule has 98 valence electrons. The summed E-state index contributed by atoms with van der Waals surface area (Å²) in [5.41, 5.74) is 0. The number of rotatable bonds is 4. The molecule has 3 aliphatic rings. The SMILES string of the molecule is C=CC1CC(=O)N(CC2CC(=O)N(C3CC3)C2)C1. The van der Waals surface area contributed by atoms with Gasteiger partial charge in [0.05, 0.1) is 0 Å². The van der Waals surface area contributed by atoms with Gasteiger partial charge in [-0.1, -0.05) is 6.08 Å². The Labute approximate surface area is 108 Å². The molecular weight excluding hydrogens is 228 g/mol. The lowest BCUT2D eigenvalue weighted by Crippen LogP contribution is -2.33. The zero-order chi connectivity index (χ0) is 12.7. The van der Waals surface area contributed by atoms with E-state index in [0.717, 1.165) is 19.6 Å². The third-order valence-electron chi connectivity index (χ3n) is 4.28. The molecule has 0 bridgehead atoms. The van der Waals surface area contributed by atoms with Crippen LogP contribution in [0.25, 0.3) is 0 Å². The van der Waals surface area contributed by atoms with Gasteiger partial charge in [-0.05, 0) is 12.8 Å². The number of likely N-dealkylation sites (tertiary alicyclic amines) is 2. The van der Waals surface area contributed by atoms with Gasteiger partial charge in [0.25, 0.3) is 0 Å². The minimum absolute atomic E-state index is 0.220. The highest BCUT2D eigenvalue weighted by atomic mass is 16.2. The summed E-state index contributed by atoms with van der Waals surface area (Å²) in [5.74, 6) is 1.14. The van der Waals surface area contributed by atoms with Gasteiger partial charge in [0.2, 0.25) is 11.8 Å². The van der Waals surface area contributed by atoms with E-state index in [-0.39, 0.29) is 11.8 Å². The maximum Gasteiger partial charge on any atom is 0.223 e. The summed E-state index contributed by atoms with van der Waals surface area (Å²) in [6.45, 7) is 6.15. The molecule has 3 fully saturated rings. The van der Waals surface area contributed by atoms with E-state index in [0.29, 0.717) is 30.7 Å². The number of carbonyl (C=O) groups is 2. The Morgan fingerprint density at radius 1 is 1.17 bits per heavy atom. The molecule has 2 aliphatic heterocycles. The van der Waals surface area contributed by atoms with Crippen LogP contribution >= 0.6 is 0 Å². The Morgan fingerprint density at radius 2 is 1.94 bits per heavy atom. The smallest absolute Gasteiger partial charge is 0.223 e. The first-order chi connectivity index (χ1) is 8.67. The Balaban J connectivity index is 1.56. The van der Waals surface area contributed by atoms with E-state index >= 15 is 0 Å². The molecule has 0 aromatic heterocycles. The van der Waals surface area contributed by atoms with Gasteiger partial charge in [-0.15, -0.1) is 6.58 Å². The van der Waals surface area contributed by atoms with Gasteiger partial charge in [0, 0.05) is 50.4 Å². The van der Waals surface area contributed by atoms with Crippen LogP contribution in [0.5, 0.6) is 0 Å². The van der Waals surface area contributed by atoms with Crippen molar-refractivity contribution in [3.63, 3.8) is 0 Å². The molecule has 0 radical (unpaired) electrons. The molecule has 2 amide bonds. The van der Waals surface area contributed by atoms with E-state index < -0.39 is 0 Å². The summed E-state index contributed by atoms with van der Waals surface area (Å²) >= 11 is 0. The fourth-order valence-electron chi connectivity index (χ4n) is 3.12. The number of carbonyl (C=O) groups excluding carboxylic acids is 2. The van der Waals surface area contributed by atoms with Crippen molar-refractivity contribution in [1.82, 2.24) is 9.80 Å². The van der Waals surface area contributed by atoms with Gasteiger partial charge in [0.15, 0.2) is 0 Å². The van der Waals surface area contributed by atoms with Crippen LogP contribution in [0.4, 0.5) is 0 Å². The lowest BCUT2D eigenvalue weighted by molar-refractivity contribution is -0.129. The molecular formula is C14H20N2O2. The van der Waals surface area contributed by atoms with Crippen LogP contribution in [-0.4, -0.2) is 47.3 Å². The first-order valence-electron chi connectivity index (χ1n) is 6.87. The molecule has 2 heterocycles. The number of amides is 2. The van der Waals surface area contributed by atoms with E-state index in [1.54, 1.807) is 0 Å². The van der Waals surface area contributed by atoms with Crippen LogP contribution in [-0.2, 0) is 9.59 Å². The molecule has 0 N–H and O–H groups in total. The topological polar surface area (TPSA) is 40.6 Å². The Morgan fingerprint density at radius 3 is 2.56 bits per heavy atom. The number of hydrogen-bond donors (Lipinski definition) is 0. The summed E-state index contributed by atoms with van der Waals surface area (Å²) < 4.78 is 0. The normalized spacial score (nSPS) is 32.4. The predicted octanol–water partition coefficient (Wildman–Crippen LogP) is 1.03. The summed E-state index contributed by atoms with van der Waals surface area (Å²) in [6.07, 6.45) is 5.42. The molecule has 2 atom stereocenters. The van der Waals surface area contributed by atoms with Crippen LogP contribution in [0.2, 0.25) is 0 Å².